The molecule has 0 N–H and O–H groups in total. The van der Waals surface area contributed by atoms with E-state index in [-0.39, 0.29) is 0 Å². The molecule has 0 saturated heterocycles. The van der Waals surface area contributed by atoms with Crippen molar-refractivity contribution in [3.63, 3.8) is 0 Å². The minimum atomic E-state index is -2.09. The van der Waals surface area contributed by atoms with Crippen LogP contribution in [0.5, 0.6) is 0 Å². The highest BCUT2D eigenvalue weighted by Crippen LogP contribution is 2.44. The summed E-state index contributed by atoms with van der Waals surface area (Å²) in [7, 11) is -4.16. The molecule has 0 heterocycles. The SMILES string of the molecule is CC(C)[Si](C#Cc1c2cc3ccccc3cc2c(C#C[Si](C(C)C)(C(C)C)C(C)C)c2cc3cc(-c4ccc5cc6cc7cc8ccccc8cc7cc6cc5c4)ccc3cc12)(C(C)C)C(C)C. The first-order valence-electron chi connectivity index (χ1n) is 25.3. The van der Waals surface area contributed by atoms with E-state index in [1.54, 1.807) is 0 Å². The van der Waals surface area contributed by atoms with Crippen molar-refractivity contribution in [1.82, 2.24) is 0 Å². The number of benzene rings is 10. The largest absolute Gasteiger partial charge is 0.146 e. The van der Waals surface area contributed by atoms with E-state index in [0.717, 1.165) is 11.1 Å². The van der Waals surface area contributed by atoms with Crippen molar-refractivity contribution < 1.29 is 0 Å². The molecular formula is C66H66Si2. The Morgan fingerprint density at radius 2 is 0.500 bits per heavy atom. The molecule has 0 radical (unpaired) electrons. The molecule has 68 heavy (non-hydrogen) atoms. The molecule has 0 aliphatic rings. The average Bonchev–Trinajstić information content (AvgIpc) is 3.30. The first-order chi connectivity index (χ1) is 32.6. The van der Waals surface area contributed by atoms with E-state index in [4.69, 9.17) is 0 Å². The van der Waals surface area contributed by atoms with E-state index in [1.165, 1.54) is 97.3 Å². The fourth-order valence-electron chi connectivity index (χ4n) is 12.9. The Morgan fingerprint density at radius 1 is 0.265 bits per heavy atom. The minimum Gasteiger partial charge on any atom is -0.125 e. The van der Waals surface area contributed by atoms with Gasteiger partial charge in [0.25, 0.3) is 0 Å². The first kappa shape index (κ1) is 45.6. The Morgan fingerprint density at radius 3 is 0.824 bits per heavy atom. The molecule has 2 heteroatoms. The molecule has 0 aliphatic carbocycles. The van der Waals surface area contributed by atoms with Gasteiger partial charge in [-0.15, -0.1) is 11.1 Å². The van der Waals surface area contributed by atoms with E-state index in [2.05, 4.69) is 252 Å². The first-order valence-corrected chi connectivity index (χ1v) is 29.8. The summed E-state index contributed by atoms with van der Waals surface area (Å²) < 4.78 is 0. The van der Waals surface area contributed by atoms with Gasteiger partial charge in [0, 0.05) is 11.1 Å². The van der Waals surface area contributed by atoms with Gasteiger partial charge < -0.3 is 0 Å². The topological polar surface area (TPSA) is 0 Å². The van der Waals surface area contributed by atoms with Crippen LogP contribution in [0.25, 0.3) is 97.3 Å². The lowest BCUT2D eigenvalue weighted by molar-refractivity contribution is 0.838. The molecule has 0 atom stereocenters. The molecule has 0 fully saturated rings. The second kappa shape index (κ2) is 17.4. The van der Waals surface area contributed by atoms with Crippen molar-refractivity contribution in [1.29, 1.82) is 0 Å². The van der Waals surface area contributed by atoms with Gasteiger partial charge in [0.15, 0.2) is 0 Å². The minimum absolute atomic E-state index is 0.530. The Balaban J connectivity index is 1.22. The van der Waals surface area contributed by atoms with Crippen molar-refractivity contribution >= 4 is 102 Å². The summed E-state index contributed by atoms with van der Waals surface area (Å²) in [5.74, 6) is 8.13. The maximum absolute atomic E-state index is 4.19. The maximum Gasteiger partial charge on any atom is 0.146 e. The molecular weight excluding hydrogens is 849 g/mol. The zero-order chi connectivity index (χ0) is 47.8. The lowest BCUT2D eigenvalue weighted by atomic mass is 9.88. The standard InChI is InChI=1S/C66H66Si2/c1-41(2)67(42(3)4,43(5)6)27-25-61-63-37-49-19-15-16-20-50(49)38-64(63)62(26-28-68(44(7)8,45(9)10)46(11)12)66-40-60-32-52(22-24-54(60)39-65(61)66)51-21-23-53-33-58-35-56-29-47-17-13-14-18-48(47)30-57(56)36-59(58)34-55(53)31-51/h13-24,29-46H,1-12H3. The smallest absolute Gasteiger partial charge is 0.125 e. The van der Waals surface area contributed by atoms with Gasteiger partial charge in [-0.2, -0.15) is 0 Å². The third-order valence-corrected chi connectivity index (χ3v) is 29.0. The molecule has 0 spiro atoms. The van der Waals surface area contributed by atoms with Crippen molar-refractivity contribution in [2.75, 3.05) is 0 Å². The van der Waals surface area contributed by atoms with Crippen molar-refractivity contribution in [3.8, 4) is 34.1 Å². The van der Waals surface area contributed by atoms with Gasteiger partial charge in [-0.05, 0) is 203 Å². The van der Waals surface area contributed by atoms with Gasteiger partial charge in [0.1, 0.15) is 16.1 Å². The third-order valence-electron chi connectivity index (χ3n) is 16.4. The molecule has 0 unspecified atom stereocenters. The van der Waals surface area contributed by atoms with Crippen LogP contribution in [0, 0.1) is 22.9 Å². The summed E-state index contributed by atoms with van der Waals surface area (Å²) in [5, 5.41) is 20.0. The molecule has 10 rings (SSSR count). The van der Waals surface area contributed by atoms with E-state index >= 15 is 0 Å². The summed E-state index contributed by atoms with van der Waals surface area (Å²) in [5.41, 5.74) is 16.3. The van der Waals surface area contributed by atoms with Crippen molar-refractivity contribution in [2.45, 2.75) is 116 Å². The summed E-state index contributed by atoms with van der Waals surface area (Å²) in [6, 6.07) is 55.4. The Labute approximate surface area is 407 Å². The fourth-order valence-corrected chi connectivity index (χ4v) is 23.4. The van der Waals surface area contributed by atoms with Crippen LogP contribution in [-0.2, 0) is 0 Å². The second-order valence-electron chi connectivity index (χ2n) is 21.9. The highest BCUT2D eigenvalue weighted by atomic mass is 28.3. The third kappa shape index (κ3) is 7.53. The monoisotopic (exact) mass is 914 g/mol. The number of fused-ring (bicyclic) bond motifs is 8. The van der Waals surface area contributed by atoms with Gasteiger partial charge >= 0.3 is 0 Å². The van der Waals surface area contributed by atoms with Crippen LogP contribution in [-0.4, -0.2) is 16.1 Å². The predicted molar refractivity (Wildman–Crippen MR) is 308 cm³/mol. The van der Waals surface area contributed by atoms with Crippen LogP contribution < -0.4 is 0 Å². The summed E-state index contributed by atoms with van der Waals surface area (Å²) in [6.45, 7) is 29.1. The highest BCUT2D eigenvalue weighted by Gasteiger charge is 2.43. The molecule has 0 amide bonds. The van der Waals surface area contributed by atoms with E-state index in [0.29, 0.717) is 33.2 Å². The van der Waals surface area contributed by atoms with Gasteiger partial charge in [-0.1, -0.05) is 168 Å². The van der Waals surface area contributed by atoms with Crippen molar-refractivity contribution in [2.24, 2.45) is 0 Å². The Hall–Kier alpha value is -6.17. The number of rotatable bonds is 7. The van der Waals surface area contributed by atoms with E-state index in [1.807, 2.05) is 0 Å². The summed E-state index contributed by atoms with van der Waals surface area (Å²) in [6.07, 6.45) is 0. The quantitative estimate of drug-likeness (QED) is 0.0849. The Kier molecular flexibility index (Phi) is 11.7. The molecule has 10 aromatic rings. The van der Waals surface area contributed by atoms with E-state index < -0.39 is 16.1 Å². The molecule has 0 aliphatic heterocycles. The molecule has 0 nitrogen and oxygen atoms in total. The molecule has 338 valence electrons. The zero-order valence-corrected chi connectivity index (χ0v) is 44.3. The zero-order valence-electron chi connectivity index (χ0n) is 42.3. The van der Waals surface area contributed by atoms with Crippen molar-refractivity contribution in [3.05, 3.63) is 157 Å². The number of hydrogen-bond acceptors (Lipinski definition) is 0. The summed E-state index contributed by atoms with van der Waals surface area (Å²) >= 11 is 0. The van der Waals surface area contributed by atoms with Crippen LogP contribution in [0.15, 0.2) is 146 Å². The van der Waals surface area contributed by atoms with Gasteiger partial charge in [-0.3, -0.25) is 0 Å². The lowest BCUT2D eigenvalue weighted by Gasteiger charge is -2.38. The number of hydrogen-bond donors (Lipinski definition) is 0. The maximum atomic E-state index is 4.19. The van der Waals surface area contributed by atoms with Crippen LogP contribution >= 0.6 is 0 Å². The molecule has 0 aromatic heterocycles. The normalized spacial score (nSPS) is 12.7. The van der Waals surface area contributed by atoms with Gasteiger partial charge in [0.2, 0.25) is 0 Å². The average molecular weight is 915 g/mol. The van der Waals surface area contributed by atoms with Crippen LogP contribution in [0.2, 0.25) is 33.2 Å². The summed E-state index contributed by atoms with van der Waals surface area (Å²) in [4.78, 5) is 0. The molecule has 0 bridgehead atoms. The van der Waals surface area contributed by atoms with Gasteiger partial charge in [-0.25, -0.2) is 0 Å². The van der Waals surface area contributed by atoms with Gasteiger partial charge in [0.05, 0.1) is 0 Å². The van der Waals surface area contributed by atoms with Crippen LogP contribution in [0.1, 0.15) is 94.2 Å². The second-order valence-corrected chi connectivity index (χ2v) is 33.1. The Bertz CT molecular complexity index is 3740. The lowest BCUT2D eigenvalue weighted by Crippen LogP contribution is -2.43. The van der Waals surface area contributed by atoms with E-state index in [9.17, 15) is 0 Å². The highest BCUT2D eigenvalue weighted by molar-refractivity contribution is 6.91. The van der Waals surface area contributed by atoms with Crippen LogP contribution in [0.3, 0.4) is 0 Å². The molecule has 10 aromatic carbocycles. The fraction of sp³-hybridized carbons (Fsp3) is 0.273. The predicted octanol–water partition coefficient (Wildman–Crippen LogP) is 19.7. The van der Waals surface area contributed by atoms with Crippen LogP contribution in [0.4, 0.5) is 0 Å². The molecule has 0 saturated carbocycles.